The molecule has 0 spiro atoms. The maximum Gasteiger partial charge on any atom is 0.303 e. The molecule has 0 unspecified atom stereocenters. The first-order chi connectivity index (χ1) is 11.1. The summed E-state index contributed by atoms with van der Waals surface area (Å²) in [6, 6.07) is 17.0. The Hall–Kier alpha value is -2.95. The Bertz CT molecular complexity index is 742. The van der Waals surface area contributed by atoms with Crippen molar-refractivity contribution < 1.29 is 19.1 Å². The van der Waals surface area contributed by atoms with Gasteiger partial charge >= 0.3 is 5.97 Å². The molecule has 1 fully saturated rings. The van der Waals surface area contributed by atoms with Gasteiger partial charge in [0.05, 0.1) is 0 Å². The fourth-order valence-corrected chi connectivity index (χ4v) is 2.68. The predicted molar refractivity (Wildman–Crippen MR) is 82.4 cm³/mol. The van der Waals surface area contributed by atoms with Crippen LogP contribution in [0.25, 0.3) is 0 Å². The predicted octanol–water partition coefficient (Wildman–Crippen LogP) is 2.34. The van der Waals surface area contributed by atoms with Crippen molar-refractivity contribution in [2.45, 2.75) is 19.1 Å². The van der Waals surface area contributed by atoms with E-state index in [1.54, 1.807) is 42.5 Å². The second kappa shape index (κ2) is 6.04. The molecule has 2 amide bonds. The molecular weight excluding hydrogens is 294 g/mol. The zero-order valence-corrected chi connectivity index (χ0v) is 12.5. The van der Waals surface area contributed by atoms with E-state index in [-0.39, 0.29) is 0 Å². The number of hydrogen-bond donors (Lipinski definition) is 0. The van der Waals surface area contributed by atoms with Gasteiger partial charge in [-0.1, -0.05) is 48.5 Å². The van der Waals surface area contributed by atoms with E-state index in [2.05, 4.69) is 0 Å². The van der Waals surface area contributed by atoms with E-state index in [4.69, 9.17) is 4.74 Å². The summed E-state index contributed by atoms with van der Waals surface area (Å²) in [4.78, 5) is 37.3. The van der Waals surface area contributed by atoms with Crippen LogP contribution >= 0.6 is 0 Å². The molecule has 1 aliphatic rings. The van der Waals surface area contributed by atoms with Crippen molar-refractivity contribution in [1.82, 2.24) is 4.90 Å². The standard InChI is InChI=1S/C18H15NO4/c1-12(20)23-16-15(13-8-4-2-5-9-13)19(18(16)22)17(21)14-10-6-3-7-11-14/h2-11,15-16H,1H3/t15-,16+/m1/s1. The van der Waals surface area contributed by atoms with Crippen molar-refractivity contribution in [2.24, 2.45) is 0 Å². The first-order valence-corrected chi connectivity index (χ1v) is 7.24. The number of rotatable bonds is 3. The minimum atomic E-state index is -0.956. The maximum atomic E-state index is 12.6. The lowest BCUT2D eigenvalue weighted by molar-refractivity contribution is -0.177. The summed E-state index contributed by atoms with van der Waals surface area (Å²) in [7, 11) is 0. The minimum absolute atomic E-state index is 0.396. The van der Waals surface area contributed by atoms with E-state index in [1.807, 2.05) is 18.2 Å². The SMILES string of the molecule is CC(=O)O[C@@H]1C(=O)N(C(=O)c2ccccc2)[C@@H]1c1ccccc1. The number of benzene rings is 2. The first kappa shape index (κ1) is 15.0. The van der Waals surface area contributed by atoms with Gasteiger partial charge in [0.25, 0.3) is 11.8 Å². The van der Waals surface area contributed by atoms with Crippen LogP contribution in [0.1, 0.15) is 28.9 Å². The highest BCUT2D eigenvalue weighted by Crippen LogP contribution is 2.38. The lowest BCUT2D eigenvalue weighted by Crippen LogP contribution is -2.62. The zero-order chi connectivity index (χ0) is 16.4. The van der Waals surface area contributed by atoms with Crippen LogP contribution < -0.4 is 0 Å². The molecule has 0 aliphatic carbocycles. The molecule has 0 aromatic heterocycles. The van der Waals surface area contributed by atoms with E-state index in [0.29, 0.717) is 5.56 Å². The summed E-state index contributed by atoms with van der Waals surface area (Å²) >= 11 is 0. The number of imide groups is 1. The van der Waals surface area contributed by atoms with Gasteiger partial charge in [0.15, 0.2) is 0 Å². The van der Waals surface area contributed by atoms with Gasteiger partial charge in [-0.05, 0) is 17.7 Å². The monoisotopic (exact) mass is 309 g/mol. The highest BCUT2D eigenvalue weighted by Gasteiger charge is 2.53. The van der Waals surface area contributed by atoms with Crippen molar-refractivity contribution in [1.29, 1.82) is 0 Å². The molecule has 116 valence electrons. The molecule has 1 heterocycles. The third-order valence-corrected chi connectivity index (χ3v) is 3.72. The van der Waals surface area contributed by atoms with Gasteiger partial charge < -0.3 is 4.74 Å². The Morgan fingerprint density at radius 1 is 0.957 bits per heavy atom. The summed E-state index contributed by atoms with van der Waals surface area (Å²) < 4.78 is 5.10. The van der Waals surface area contributed by atoms with Crippen LogP contribution in [0, 0.1) is 0 Å². The molecule has 0 N–H and O–H groups in total. The summed E-state index contributed by atoms with van der Waals surface area (Å²) in [5.74, 6) is -1.44. The average molecular weight is 309 g/mol. The number of ether oxygens (including phenoxy) is 1. The zero-order valence-electron chi connectivity index (χ0n) is 12.5. The van der Waals surface area contributed by atoms with E-state index in [1.165, 1.54) is 6.92 Å². The van der Waals surface area contributed by atoms with E-state index < -0.39 is 29.9 Å². The molecule has 0 bridgehead atoms. The van der Waals surface area contributed by atoms with E-state index in [9.17, 15) is 14.4 Å². The van der Waals surface area contributed by atoms with E-state index in [0.717, 1.165) is 10.5 Å². The largest absolute Gasteiger partial charge is 0.450 e. The second-order valence-electron chi connectivity index (χ2n) is 5.26. The van der Waals surface area contributed by atoms with Crippen LogP contribution in [0.3, 0.4) is 0 Å². The van der Waals surface area contributed by atoms with Crippen molar-refractivity contribution >= 4 is 17.8 Å². The number of likely N-dealkylation sites (tertiary alicyclic amines) is 1. The quantitative estimate of drug-likeness (QED) is 0.496. The van der Waals surface area contributed by atoms with Crippen LogP contribution in [0.2, 0.25) is 0 Å². The third kappa shape index (κ3) is 2.73. The molecule has 3 rings (SSSR count). The third-order valence-electron chi connectivity index (χ3n) is 3.72. The van der Waals surface area contributed by atoms with Crippen LogP contribution in [0.4, 0.5) is 0 Å². The molecular formula is C18H15NO4. The van der Waals surface area contributed by atoms with Gasteiger partial charge in [0, 0.05) is 12.5 Å². The fraction of sp³-hybridized carbons (Fsp3) is 0.167. The summed E-state index contributed by atoms with van der Waals surface area (Å²) in [6.07, 6.45) is -0.956. The van der Waals surface area contributed by atoms with E-state index >= 15 is 0 Å². The highest BCUT2D eigenvalue weighted by atomic mass is 16.6. The number of nitrogens with zero attached hydrogens (tertiary/aromatic N) is 1. The van der Waals surface area contributed by atoms with Crippen molar-refractivity contribution in [3.05, 3.63) is 71.8 Å². The van der Waals surface area contributed by atoms with Crippen LogP contribution in [-0.4, -0.2) is 28.8 Å². The lowest BCUT2D eigenvalue weighted by atomic mass is 9.89. The lowest BCUT2D eigenvalue weighted by Gasteiger charge is -2.44. The fourth-order valence-electron chi connectivity index (χ4n) is 2.68. The number of carbonyl (C=O) groups is 3. The van der Waals surface area contributed by atoms with Gasteiger partial charge in [-0.2, -0.15) is 0 Å². The number of β-lactam (4-membered cyclic amide) rings is 1. The molecule has 0 radical (unpaired) electrons. The van der Waals surface area contributed by atoms with Crippen molar-refractivity contribution in [3.63, 3.8) is 0 Å². The number of amides is 2. The van der Waals surface area contributed by atoms with Gasteiger partial charge in [0.2, 0.25) is 6.10 Å². The number of hydrogen-bond acceptors (Lipinski definition) is 4. The number of esters is 1. The molecule has 0 saturated carbocycles. The second-order valence-corrected chi connectivity index (χ2v) is 5.26. The molecule has 5 nitrogen and oxygen atoms in total. The Kier molecular flexibility index (Phi) is 3.93. The average Bonchev–Trinajstić information content (AvgIpc) is 2.58. The Morgan fingerprint density at radius 2 is 1.52 bits per heavy atom. The van der Waals surface area contributed by atoms with Crippen LogP contribution in [-0.2, 0) is 14.3 Å². The molecule has 1 aliphatic heterocycles. The van der Waals surface area contributed by atoms with Crippen molar-refractivity contribution in [3.8, 4) is 0 Å². The molecule has 5 heteroatoms. The molecule has 2 aromatic carbocycles. The first-order valence-electron chi connectivity index (χ1n) is 7.24. The molecule has 1 saturated heterocycles. The van der Waals surface area contributed by atoms with Gasteiger partial charge in [-0.15, -0.1) is 0 Å². The Balaban J connectivity index is 1.94. The maximum absolute atomic E-state index is 12.6. The summed E-state index contributed by atoms with van der Waals surface area (Å²) in [5.41, 5.74) is 1.17. The molecule has 2 aromatic rings. The molecule has 23 heavy (non-hydrogen) atoms. The van der Waals surface area contributed by atoms with Crippen molar-refractivity contribution in [2.75, 3.05) is 0 Å². The summed E-state index contributed by atoms with van der Waals surface area (Å²) in [6.45, 7) is 1.25. The van der Waals surface area contributed by atoms with Gasteiger partial charge in [-0.25, -0.2) is 0 Å². The highest BCUT2D eigenvalue weighted by molar-refractivity contribution is 6.10. The van der Waals surface area contributed by atoms with Gasteiger partial charge in [-0.3, -0.25) is 19.3 Å². The normalized spacial score (nSPS) is 19.9. The molecule has 2 atom stereocenters. The van der Waals surface area contributed by atoms with Crippen LogP contribution in [0.5, 0.6) is 0 Å². The Labute approximate surface area is 133 Å². The minimum Gasteiger partial charge on any atom is -0.450 e. The smallest absolute Gasteiger partial charge is 0.303 e. The Morgan fingerprint density at radius 3 is 2.09 bits per heavy atom. The number of carbonyl (C=O) groups excluding carboxylic acids is 3. The topological polar surface area (TPSA) is 63.7 Å². The summed E-state index contributed by atoms with van der Waals surface area (Å²) in [5, 5.41) is 0. The van der Waals surface area contributed by atoms with Crippen LogP contribution in [0.15, 0.2) is 60.7 Å². The van der Waals surface area contributed by atoms with Gasteiger partial charge in [0.1, 0.15) is 6.04 Å².